The summed E-state index contributed by atoms with van der Waals surface area (Å²) in [5.41, 5.74) is 1.56. The van der Waals surface area contributed by atoms with Gasteiger partial charge in [-0.2, -0.15) is 0 Å². The number of rotatable bonds is 3. The third kappa shape index (κ3) is 3.21. The van der Waals surface area contributed by atoms with Crippen molar-refractivity contribution in [3.63, 3.8) is 0 Å². The maximum absolute atomic E-state index is 10.4. The summed E-state index contributed by atoms with van der Waals surface area (Å²) in [5.74, 6) is -0.683. The highest BCUT2D eigenvalue weighted by atomic mass is 16.4. The van der Waals surface area contributed by atoms with Crippen LogP contribution in [-0.4, -0.2) is 11.1 Å². The molecule has 2 heteroatoms. The highest BCUT2D eigenvalue weighted by Gasteiger charge is 2.25. The van der Waals surface area contributed by atoms with Crippen molar-refractivity contribution in [1.29, 1.82) is 0 Å². The van der Waals surface area contributed by atoms with E-state index in [2.05, 4.69) is 19.9 Å². The van der Waals surface area contributed by atoms with Gasteiger partial charge in [0.25, 0.3) is 0 Å². The summed E-state index contributed by atoms with van der Waals surface area (Å²) < 4.78 is 0. The summed E-state index contributed by atoms with van der Waals surface area (Å²) in [6, 6.07) is 0. The van der Waals surface area contributed by atoms with Gasteiger partial charge in [-0.05, 0) is 38.0 Å². The van der Waals surface area contributed by atoms with Gasteiger partial charge in [0, 0.05) is 6.42 Å². The molecule has 0 heterocycles. The Labute approximate surface area is 79.6 Å². The maximum atomic E-state index is 10.4. The quantitative estimate of drug-likeness (QED) is 0.681. The Bertz CT molecular complexity index is 230. The Balaban J connectivity index is 2.54. The van der Waals surface area contributed by atoms with Crippen molar-refractivity contribution in [2.45, 2.75) is 46.0 Å². The van der Waals surface area contributed by atoms with Crippen LogP contribution in [0.1, 0.15) is 46.0 Å². The molecule has 1 N–H and O–H groups in total. The van der Waals surface area contributed by atoms with Crippen LogP contribution in [0.15, 0.2) is 11.6 Å². The molecule has 0 amide bonds. The summed E-state index contributed by atoms with van der Waals surface area (Å²) in [6.07, 6.45) is 6.86. The number of aliphatic carboxylic acids is 1. The van der Waals surface area contributed by atoms with Crippen LogP contribution in [0.2, 0.25) is 0 Å². The minimum Gasteiger partial charge on any atom is -0.481 e. The highest BCUT2D eigenvalue weighted by Crippen LogP contribution is 2.37. The van der Waals surface area contributed by atoms with Crippen LogP contribution < -0.4 is 0 Å². The van der Waals surface area contributed by atoms with Crippen molar-refractivity contribution in [2.75, 3.05) is 0 Å². The van der Waals surface area contributed by atoms with Gasteiger partial charge in [0.1, 0.15) is 0 Å². The highest BCUT2D eigenvalue weighted by molar-refractivity contribution is 5.66. The number of carboxylic acid groups (broad SMARTS) is 1. The average molecular weight is 182 g/mol. The molecule has 0 saturated heterocycles. The third-order valence-electron chi connectivity index (χ3n) is 2.82. The molecule has 1 aliphatic rings. The van der Waals surface area contributed by atoms with Crippen molar-refractivity contribution in [3.05, 3.63) is 11.6 Å². The lowest BCUT2D eigenvalue weighted by atomic mass is 9.75. The van der Waals surface area contributed by atoms with E-state index >= 15 is 0 Å². The number of hydrogen-bond donors (Lipinski definition) is 1. The van der Waals surface area contributed by atoms with Gasteiger partial charge >= 0.3 is 5.97 Å². The molecule has 0 aromatic rings. The van der Waals surface area contributed by atoms with Gasteiger partial charge in [-0.1, -0.05) is 18.6 Å². The first kappa shape index (κ1) is 10.3. The van der Waals surface area contributed by atoms with Gasteiger partial charge in [0.15, 0.2) is 0 Å². The first-order valence-corrected chi connectivity index (χ1v) is 4.92. The lowest BCUT2D eigenvalue weighted by Gasteiger charge is -2.30. The van der Waals surface area contributed by atoms with E-state index in [9.17, 15) is 4.79 Å². The van der Waals surface area contributed by atoms with E-state index in [1.165, 1.54) is 18.4 Å². The zero-order valence-corrected chi connectivity index (χ0v) is 8.47. The molecule has 2 nitrogen and oxygen atoms in total. The van der Waals surface area contributed by atoms with E-state index in [1.54, 1.807) is 0 Å². The standard InChI is InChI=1S/C11H18O2/c1-9-4-3-6-11(2,8-9)7-5-10(12)13/h8H,3-7H2,1-2H3,(H,12,13). The molecule has 0 saturated carbocycles. The molecule has 1 rings (SSSR count). The molecule has 13 heavy (non-hydrogen) atoms. The Morgan fingerprint density at radius 1 is 1.69 bits per heavy atom. The predicted octanol–water partition coefficient (Wildman–Crippen LogP) is 2.99. The lowest BCUT2D eigenvalue weighted by molar-refractivity contribution is -0.137. The third-order valence-corrected chi connectivity index (χ3v) is 2.82. The number of hydrogen-bond acceptors (Lipinski definition) is 1. The monoisotopic (exact) mass is 182 g/mol. The summed E-state index contributed by atoms with van der Waals surface area (Å²) >= 11 is 0. The molecule has 1 unspecified atom stereocenters. The van der Waals surface area contributed by atoms with Crippen LogP contribution in [-0.2, 0) is 4.79 Å². The molecule has 1 atom stereocenters. The molecule has 0 spiro atoms. The molecule has 1 aliphatic carbocycles. The normalized spacial score (nSPS) is 28.3. The zero-order chi connectivity index (χ0) is 9.90. The van der Waals surface area contributed by atoms with E-state index in [-0.39, 0.29) is 5.41 Å². The second-order valence-electron chi connectivity index (χ2n) is 4.39. The smallest absolute Gasteiger partial charge is 0.303 e. The van der Waals surface area contributed by atoms with E-state index < -0.39 is 5.97 Å². The minimum absolute atomic E-state index is 0.140. The Hall–Kier alpha value is -0.790. The van der Waals surface area contributed by atoms with Crippen LogP contribution in [0.5, 0.6) is 0 Å². The van der Waals surface area contributed by atoms with Gasteiger partial charge < -0.3 is 5.11 Å². The van der Waals surface area contributed by atoms with Crippen molar-refractivity contribution >= 4 is 5.97 Å². The molecular weight excluding hydrogens is 164 g/mol. The molecule has 0 aliphatic heterocycles. The largest absolute Gasteiger partial charge is 0.481 e. The van der Waals surface area contributed by atoms with Crippen molar-refractivity contribution in [2.24, 2.45) is 5.41 Å². The lowest BCUT2D eigenvalue weighted by Crippen LogP contribution is -2.18. The van der Waals surface area contributed by atoms with Gasteiger partial charge in [0.05, 0.1) is 0 Å². The first-order chi connectivity index (χ1) is 6.02. The van der Waals surface area contributed by atoms with Gasteiger partial charge in [-0.3, -0.25) is 4.79 Å². The molecule has 74 valence electrons. The molecule has 0 aromatic carbocycles. The topological polar surface area (TPSA) is 37.3 Å². The van der Waals surface area contributed by atoms with Gasteiger partial charge in [-0.25, -0.2) is 0 Å². The van der Waals surface area contributed by atoms with Crippen LogP contribution in [0, 0.1) is 5.41 Å². The van der Waals surface area contributed by atoms with Crippen LogP contribution >= 0.6 is 0 Å². The zero-order valence-electron chi connectivity index (χ0n) is 8.47. The first-order valence-electron chi connectivity index (χ1n) is 4.92. The molecule has 0 aromatic heterocycles. The van der Waals surface area contributed by atoms with Crippen molar-refractivity contribution in [3.8, 4) is 0 Å². The fourth-order valence-corrected chi connectivity index (χ4v) is 2.10. The molecular formula is C11H18O2. The fourth-order valence-electron chi connectivity index (χ4n) is 2.10. The fraction of sp³-hybridized carbons (Fsp3) is 0.727. The Morgan fingerprint density at radius 3 is 2.92 bits per heavy atom. The van der Waals surface area contributed by atoms with E-state index in [4.69, 9.17) is 5.11 Å². The van der Waals surface area contributed by atoms with Crippen molar-refractivity contribution in [1.82, 2.24) is 0 Å². The maximum Gasteiger partial charge on any atom is 0.303 e. The van der Waals surface area contributed by atoms with E-state index in [0.717, 1.165) is 12.8 Å². The SMILES string of the molecule is CC1=CC(C)(CCC(=O)O)CCC1. The van der Waals surface area contributed by atoms with Gasteiger partial charge in [0.2, 0.25) is 0 Å². The second-order valence-corrected chi connectivity index (χ2v) is 4.39. The Kier molecular flexibility index (Phi) is 3.12. The van der Waals surface area contributed by atoms with E-state index in [0.29, 0.717) is 6.42 Å². The number of carboxylic acids is 1. The summed E-state index contributed by atoms with van der Waals surface area (Å²) in [5, 5.41) is 8.60. The molecule has 0 fully saturated rings. The van der Waals surface area contributed by atoms with Crippen LogP contribution in [0.3, 0.4) is 0 Å². The van der Waals surface area contributed by atoms with E-state index in [1.807, 2.05) is 0 Å². The van der Waals surface area contributed by atoms with Gasteiger partial charge in [-0.15, -0.1) is 0 Å². The van der Waals surface area contributed by atoms with Crippen LogP contribution in [0.4, 0.5) is 0 Å². The number of allylic oxidation sites excluding steroid dienone is 2. The van der Waals surface area contributed by atoms with Crippen molar-refractivity contribution < 1.29 is 9.90 Å². The average Bonchev–Trinajstić information content (AvgIpc) is 2.01. The van der Waals surface area contributed by atoms with Crippen LogP contribution in [0.25, 0.3) is 0 Å². The minimum atomic E-state index is -0.683. The number of carbonyl (C=O) groups is 1. The predicted molar refractivity (Wildman–Crippen MR) is 52.6 cm³/mol. The summed E-state index contributed by atoms with van der Waals surface area (Å²) in [4.78, 5) is 10.4. The summed E-state index contributed by atoms with van der Waals surface area (Å²) in [6.45, 7) is 4.30. The Morgan fingerprint density at radius 2 is 2.38 bits per heavy atom. The second kappa shape index (κ2) is 3.95. The molecule has 0 radical (unpaired) electrons. The molecule has 0 bridgehead atoms. The summed E-state index contributed by atoms with van der Waals surface area (Å²) in [7, 11) is 0.